The molecule has 2 fully saturated rings. The van der Waals surface area contributed by atoms with Crippen molar-refractivity contribution in [2.75, 3.05) is 0 Å². The molecule has 4 rings (SSSR count). The largest absolute Gasteiger partial charge is 0.493 e. The third-order valence-electron chi connectivity index (χ3n) is 4.70. The summed E-state index contributed by atoms with van der Waals surface area (Å²) in [6, 6.07) is 4.20. The molecule has 5 heteroatoms. The van der Waals surface area contributed by atoms with Crippen LogP contribution in [0, 0.1) is 11.8 Å². The first-order chi connectivity index (χ1) is 10.1. The average Bonchev–Trinajstić information content (AvgIpc) is 2.86. The minimum Gasteiger partial charge on any atom is -0.493 e. The number of ether oxygens (including phenoxy) is 1. The van der Waals surface area contributed by atoms with Crippen molar-refractivity contribution in [1.29, 1.82) is 0 Å². The molecule has 4 heterocycles. The first kappa shape index (κ1) is 13.2. The van der Waals surface area contributed by atoms with Crippen LogP contribution in [0.5, 0.6) is 0 Å². The second kappa shape index (κ2) is 4.77. The van der Waals surface area contributed by atoms with Crippen LogP contribution in [-0.4, -0.2) is 28.3 Å². The van der Waals surface area contributed by atoms with E-state index in [-0.39, 0.29) is 29.2 Å². The molecule has 0 aromatic carbocycles. The molecule has 0 bridgehead atoms. The van der Waals surface area contributed by atoms with Gasteiger partial charge in [-0.15, -0.1) is 11.8 Å². The van der Waals surface area contributed by atoms with Crippen LogP contribution in [0.3, 0.4) is 0 Å². The van der Waals surface area contributed by atoms with Crippen molar-refractivity contribution < 1.29 is 9.53 Å². The summed E-state index contributed by atoms with van der Waals surface area (Å²) in [5.41, 5.74) is 1.10. The molecule has 1 N–H and O–H groups in total. The molecule has 1 aromatic rings. The SMILES string of the molecule is CC1NC(=O)C2SC(c3ccncc3)=C3O[C@H](C)CC1C32. The molecule has 5 atom stereocenters. The highest BCUT2D eigenvalue weighted by molar-refractivity contribution is 8.09. The standard InChI is InChI=1S/C16H18N2O2S/c1-8-7-11-9(2)18-16(19)15-12(11)13(20-8)14(21-15)10-3-5-17-6-4-10/h3-6,8-9,11-12,15H,7H2,1-2H3,(H,18,19)/t8-,9?,11?,12?,15?/m1/s1. The predicted octanol–water partition coefficient (Wildman–Crippen LogP) is 2.43. The van der Waals surface area contributed by atoms with Gasteiger partial charge in [-0.1, -0.05) is 0 Å². The summed E-state index contributed by atoms with van der Waals surface area (Å²) in [5, 5.41) is 3.10. The predicted molar refractivity (Wildman–Crippen MR) is 82.3 cm³/mol. The number of hydrogen-bond donors (Lipinski definition) is 1. The highest BCUT2D eigenvalue weighted by Gasteiger charge is 2.53. The summed E-state index contributed by atoms with van der Waals surface area (Å²) in [6.07, 6.45) is 4.79. The Labute approximate surface area is 128 Å². The molecule has 3 aliphatic heterocycles. The number of rotatable bonds is 1. The second-order valence-electron chi connectivity index (χ2n) is 6.12. The number of hydrogen-bond acceptors (Lipinski definition) is 4. The summed E-state index contributed by atoms with van der Waals surface area (Å²) in [6.45, 7) is 4.23. The second-order valence-corrected chi connectivity index (χ2v) is 7.27. The number of piperidine rings is 1. The average molecular weight is 302 g/mol. The molecule has 4 unspecified atom stereocenters. The Morgan fingerprint density at radius 3 is 2.86 bits per heavy atom. The number of aromatic nitrogens is 1. The zero-order chi connectivity index (χ0) is 14.6. The van der Waals surface area contributed by atoms with E-state index in [1.807, 2.05) is 12.1 Å². The Kier molecular flexibility index (Phi) is 2.99. The lowest BCUT2D eigenvalue weighted by atomic mass is 9.74. The van der Waals surface area contributed by atoms with Gasteiger partial charge in [0, 0.05) is 24.4 Å². The molecular formula is C16H18N2O2S. The van der Waals surface area contributed by atoms with Gasteiger partial charge >= 0.3 is 0 Å². The third kappa shape index (κ3) is 1.98. The maximum Gasteiger partial charge on any atom is 0.234 e. The van der Waals surface area contributed by atoms with E-state index >= 15 is 0 Å². The number of amides is 1. The fourth-order valence-corrected chi connectivity index (χ4v) is 5.23. The third-order valence-corrected chi connectivity index (χ3v) is 6.14. The van der Waals surface area contributed by atoms with Crippen molar-refractivity contribution in [3.63, 3.8) is 0 Å². The summed E-state index contributed by atoms with van der Waals surface area (Å²) in [4.78, 5) is 17.5. The first-order valence-corrected chi connectivity index (χ1v) is 8.31. The van der Waals surface area contributed by atoms with Crippen molar-refractivity contribution >= 4 is 22.6 Å². The highest BCUT2D eigenvalue weighted by Crippen LogP contribution is 2.55. The molecule has 2 saturated heterocycles. The van der Waals surface area contributed by atoms with Gasteiger partial charge in [0.15, 0.2) is 0 Å². The Balaban J connectivity index is 1.81. The smallest absolute Gasteiger partial charge is 0.234 e. The first-order valence-electron chi connectivity index (χ1n) is 7.43. The molecular weight excluding hydrogens is 284 g/mol. The van der Waals surface area contributed by atoms with Crippen LogP contribution >= 0.6 is 11.8 Å². The molecule has 3 aliphatic rings. The Morgan fingerprint density at radius 1 is 1.33 bits per heavy atom. The van der Waals surface area contributed by atoms with Crippen LogP contribution in [0.2, 0.25) is 0 Å². The van der Waals surface area contributed by atoms with E-state index in [1.54, 1.807) is 24.2 Å². The minimum atomic E-state index is -0.0446. The lowest BCUT2D eigenvalue weighted by molar-refractivity contribution is -0.127. The van der Waals surface area contributed by atoms with Crippen LogP contribution < -0.4 is 5.32 Å². The van der Waals surface area contributed by atoms with Crippen LogP contribution in [0.4, 0.5) is 0 Å². The van der Waals surface area contributed by atoms with Gasteiger partial charge in [-0.3, -0.25) is 9.78 Å². The van der Waals surface area contributed by atoms with Gasteiger partial charge < -0.3 is 10.1 Å². The number of nitrogens with zero attached hydrogens (tertiary/aromatic N) is 1. The van der Waals surface area contributed by atoms with E-state index in [1.165, 1.54) is 0 Å². The number of pyridine rings is 1. The molecule has 21 heavy (non-hydrogen) atoms. The molecule has 1 aromatic heterocycles. The van der Waals surface area contributed by atoms with E-state index in [4.69, 9.17) is 4.74 Å². The molecule has 4 nitrogen and oxygen atoms in total. The lowest BCUT2D eigenvalue weighted by Crippen LogP contribution is -2.56. The van der Waals surface area contributed by atoms with Gasteiger partial charge in [-0.05, 0) is 43.9 Å². The zero-order valence-electron chi connectivity index (χ0n) is 12.1. The van der Waals surface area contributed by atoms with Gasteiger partial charge in [0.05, 0.1) is 16.3 Å². The summed E-state index contributed by atoms with van der Waals surface area (Å²) < 4.78 is 6.17. The molecule has 0 saturated carbocycles. The number of thioether (sulfide) groups is 1. The summed E-state index contributed by atoms with van der Waals surface area (Å²) in [7, 11) is 0. The Hall–Kier alpha value is -1.49. The summed E-state index contributed by atoms with van der Waals surface area (Å²) in [5.74, 6) is 1.87. The van der Waals surface area contributed by atoms with E-state index in [0.29, 0.717) is 5.92 Å². The minimum absolute atomic E-state index is 0.0446. The molecule has 1 amide bonds. The normalized spacial score (nSPS) is 37.8. The number of allylic oxidation sites excluding steroid dienone is 1. The van der Waals surface area contributed by atoms with E-state index in [2.05, 4.69) is 24.1 Å². The fraction of sp³-hybridized carbons (Fsp3) is 0.500. The van der Waals surface area contributed by atoms with Crippen molar-refractivity contribution in [2.24, 2.45) is 11.8 Å². The summed E-state index contributed by atoms with van der Waals surface area (Å²) >= 11 is 1.65. The van der Waals surface area contributed by atoms with Gasteiger partial charge in [0.1, 0.15) is 5.76 Å². The fourth-order valence-electron chi connectivity index (χ4n) is 3.75. The quantitative estimate of drug-likeness (QED) is 0.865. The van der Waals surface area contributed by atoms with E-state index < -0.39 is 0 Å². The van der Waals surface area contributed by atoms with Crippen LogP contribution in [0.1, 0.15) is 25.8 Å². The zero-order valence-corrected chi connectivity index (χ0v) is 12.9. The molecule has 0 spiro atoms. The van der Waals surface area contributed by atoms with Crippen LogP contribution in [-0.2, 0) is 9.53 Å². The topological polar surface area (TPSA) is 51.2 Å². The van der Waals surface area contributed by atoms with Gasteiger partial charge in [-0.2, -0.15) is 0 Å². The van der Waals surface area contributed by atoms with Crippen molar-refractivity contribution in [2.45, 2.75) is 37.7 Å². The van der Waals surface area contributed by atoms with Crippen molar-refractivity contribution in [3.05, 3.63) is 35.8 Å². The number of carbonyl (C=O) groups is 1. The van der Waals surface area contributed by atoms with Crippen LogP contribution in [0.15, 0.2) is 30.3 Å². The monoisotopic (exact) mass is 302 g/mol. The van der Waals surface area contributed by atoms with Crippen molar-refractivity contribution in [1.82, 2.24) is 10.3 Å². The number of nitrogens with one attached hydrogen (secondary N) is 1. The molecule has 0 radical (unpaired) electrons. The molecule has 0 aliphatic carbocycles. The van der Waals surface area contributed by atoms with E-state index in [0.717, 1.165) is 22.6 Å². The Bertz CT molecular complexity index is 616. The highest BCUT2D eigenvalue weighted by atomic mass is 32.2. The van der Waals surface area contributed by atoms with Crippen molar-refractivity contribution in [3.8, 4) is 0 Å². The van der Waals surface area contributed by atoms with E-state index in [9.17, 15) is 4.79 Å². The van der Waals surface area contributed by atoms with Crippen LogP contribution in [0.25, 0.3) is 4.91 Å². The van der Waals surface area contributed by atoms with Gasteiger partial charge in [0.25, 0.3) is 0 Å². The Morgan fingerprint density at radius 2 is 2.10 bits per heavy atom. The van der Waals surface area contributed by atoms with Gasteiger partial charge in [0.2, 0.25) is 5.91 Å². The maximum atomic E-state index is 12.3. The molecule has 110 valence electrons. The lowest BCUT2D eigenvalue weighted by Gasteiger charge is -2.43. The number of carbonyl (C=O) groups excluding carboxylic acids is 1. The van der Waals surface area contributed by atoms with Gasteiger partial charge in [-0.25, -0.2) is 0 Å². The maximum absolute atomic E-state index is 12.3.